The Labute approximate surface area is 114 Å². The van der Waals surface area contributed by atoms with Crippen LogP contribution < -0.4 is 5.32 Å². The number of hydrogen-bond donors (Lipinski definition) is 1. The molecular weight excluding hydrogens is 220 g/mol. The van der Waals surface area contributed by atoms with Gasteiger partial charge in [0.05, 0.1) is 0 Å². The van der Waals surface area contributed by atoms with E-state index in [1.165, 1.54) is 51.6 Å². The first-order valence-electron chi connectivity index (χ1n) is 8.22. The molecule has 0 bridgehead atoms. The summed E-state index contributed by atoms with van der Waals surface area (Å²) in [6.07, 6.45) is 8.45. The highest BCUT2D eigenvalue weighted by atomic mass is 15.2. The topological polar surface area (TPSA) is 15.3 Å². The first kappa shape index (κ1) is 14.3. The van der Waals surface area contributed by atoms with Gasteiger partial charge >= 0.3 is 0 Å². The second-order valence-corrected chi connectivity index (χ2v) is 6.56. The molecule has 1 heterocycles. The van der Waals surface area contributed by atoms with Gasteiger partial charge in [0.25, 0.3) is 0 Å². The van der Waals surface area contributed by atoms with Gasteiger partial charge in [-0.1, -0.05) is 27.2 Å². The maximum absolute atomic E-state index is 3.74. The number of hydrogen-bond acceptors (Lipinski definition) is 2. The molecule has 0 spiro atoms. The Balaban J connectivity index is 1.97. The molecular formula is C16H32N2. The molecule has 0 aromatic heterocycles. The Morgan fingerprint density at radius 3 is 2.72 bits per heavy atom. The Kier molecular flexibility index (Phi) is 5.50. The normalized spacial score (nSPS) is 38.8. The van der Waals surface area contributed by atoms with Crippen molar-refractivity contribution in [3.63, 3.8) is 0 Å². The molecule has 106 valence electrons. The molecule has 1 saturated heterocycles. The third kappa shape index (κ3) is 3.48. The van der Waals surface area contributed by atoms with E-state index < -0.39 is 0 Å². The summed E-state index contributed by atoms with van der Waals surface area (Å²) in [5.41, 5.74) is 0. The number of piperidine rings is 1. The maximum Gasteiger partial charge on any atom is 0.0251 e. The van der Waals surface area contributed by atoms with E-state index in [0.717, 1.165) is 30.5 Å². The molecule has 4 atom stereocenters. The molecule has 2 fully saturated rings. The number of likely N-dealkylation sites (tertiary alicyclic amines) is 1. The van der Waals surface area contributed by atoms with Gasteiger partial charge in [-0.3, -0.25) is 4.90 Å². The average molecular weight is 252 g/mol. The van der Waals surface area contributed by atoms with Crippen LogP contribution in [0.5, 0.6) is 0 Å². The van der Waals surface area contributed by atoms with Gasteiger partial charge in [-0.05, 0) is 57.0 Å². The van der Waals surface area contributed by atoms with Gasteiger partial charge in [0, 0.05) is 18.6 Å². The summed E-state index contributed by atoms with van der Waals surface area (Å²) in [6.45, 7) is 10.9. The molecule has 1 saturated carbocycles. The predicted molar refractivity (Wildman–Crippen MR) is 78.9 cm³/mol. The molecule has 2 nitrogen and oxygen atoms in total. The molecule has 4 unspecified atom stereocenters. The van der Waals surface area contributed by atoms with Crippen LogP contribution in [0, 0.1) is 11.8 Å². The van der Waals surface area contributed by atoms with E-state index in [4.69, 9.17) is 0 Å². The van der Waals surface area contributed by atoms with Crippen LogP contribution in [-0.2, 0) is 0 Å². The highest BCUT2D eigenvalue weighted by Crippen LogP contribution is 2.31. The van der Waals surface area contributed by atoms with Crippen molar-refractivity contribution in [1.29, 1.82) is 0 Å². The summed E-state index contributed by atoms with van der Waals surface area (Å²) in [6, 6.07) is 1.56. The lowest BCUT2D eigenvalue weighted by Gasteiger charge is -2.45. The molecule has 2 heteroatoms. The van der Waals surface area contributed by atoms with E-state index in [0.29, 0.717) is 0 Å². The average Bonchev–Trinajstić information content (AvgIpc) is 2.41. The van der Waals surface area contributed by atoms with Gasteiger partial charge in [-0.15, -0.1) is 0 Å². The number of nitrogens with zero attached hydrogens (tertiary/aromatic N) is 1. The zero-order chi connectivity index (χ0) is 13.0. The lowest BCUT2D eigenvalue weighted by Crippen LogP contribution is -2.55. The van der Waals surface area contributed by atoms with Crippen molar-refractivity contribution in [2.75, 3.05) is 19.6 Å². The first-order valence-corrected chi connectivity index (χ1v) is 8.22. The van der Waals surface area contributed by atoms with E-state index in [9.17, 15) is 0 Å². The summed E-state index contributed by atoms with van der Waals surface area (Å²) in [4.78, 5) is 2.82. The zero-order valence-electron chi connectivity index (χ0n) is 12.6. The van der Waals surface area contributed by atoms with Crippen molar-refractivity contribution in [3.05, 3.63) is 0 Å². The maximum atomic E-state index is 3.74. The lowest BCUT2D eigenvalue weighted by atomic mass is 9.81. The van der Waals surface area contributed by atoms with E-state index in [1.54, 1.807) is 0 Å². The van der Waals surface area contributed by atoms with Crippen molar-refractivity contribution in [3.8, 4) is 0 Å². The molecule has 0 aromatic rings. The van der Waals surface area contributed by atoms with Gasteiger partial charge in [0.15, 0.2) is 0 Å². The fourth-order valence-electron chi connectivity index (χ4n) is 3.99. The summed E-state index contributed by atoms with van der Waals surface area (Å²) in [7, 11) is 0. The molecule has 0 amide bonds. The Morgan fingerprint density at radius 1 is 1.17 bits per heavy atom. The van der Waals surface area contributed by atoms with Crippen molar-refractivity contribution < 1.29 is 0 Å². The largest absolute Gasteiger partial charge is 0.313 e. The Hall–Kier alpha value is -0.0800. The van der Waals surface area contributed by atoms with Crippen molar-refractivity contribution in [2.45, 2.75) is 71.4 Å². The summed E-state index contributed by atoms with van der Waals surface area (Å²) in [5, 5.41) is 3.74. The van der Waals surface area contributed by atoms with Crippen LogP contribution >= 0.6 is 0 Å². The number of nitrogens with one attached hydrogen (secondary N) is 1. The smallest absolute Gasteiger partial charge is 0.0251 e. The van der Waals surface area contributed by atoms with Crippen LogP contribution in [0.3, 0.4) is 0 Å². The Bertz CT molecular complexity index is 241. The third-order valence-electron chi connectivity index (χ3n) is 5.14. The second kappa shape index (κ2) is 6.91. The predicted octanol–water partition coefficient (Wildman–Crippen LogP) is 3.28. The van der Waals surface area contributed by atoms with Gasteiger partial charge in [-0.2, -0.15) is 0 Å². The quantitative estimate of drug-likeness (QED) is 0.826. The minimum Gasteiger partial charge on any atom is -0.313 e. The highest BCUT2D eigenvalue weighted by molar-refractivity contribution is 4.92. The minimum absolute atomic E-state index is 0.752. The third-order valence-corrected chi connectivity index (χ3v) is 5.14. The van der Waals surface area contributed by atoms with Crippen molar-refractivity contribution in [2.24, 2.45) is 11.8 Å². The van der Waals surface area contributed by atoms with Crippen LogP contribution in [0.25, 0.3) is 0 Å². The summed E-state index contributed by atoms with van der Waals surface area (Å²) < 4.78 is 0. The van der Waals surface area contributed by atoms with E-state index >= 15 is 0 Å². The lowest BCUT2D eigenvalue weighted by molar-refractivity contribution is 0.0612. The summed E-state index contributed by atoms with van der Waals surface area (Å²) >= 11 is 0. The fourth-order valence-corrected chi connectivity index (χ4v) is 3.99. The Morgan fingerprint density at radius 2 is 2.00 bits per heavy atom. The zero-order valence-corrected chi connectivity index (χ0v) is 12.6. The van der Waals surface area contributed by atoms with E-state index in [1.807, 2.05) is 0 Å². The van der Waals surface area contributed by atoms with Crippen LogP contribution in [-0.4, -0.2) is 36.6 Å². The van der Waals surface area contributed by atoms with Crippen LogP contribution in [0.1, 0.15) is 59.3 Å². The van der Waals surface area contributed by atoms with Gasteiger partial charge in [-0.25, -0.2) is 0 Å². The molecule has 0 radical (unpaired) electrons. The van der Waals surface area contributed by atoms with Gasteiger partial charge < -0.3 is 5.32 Å². The van der Waals surface area contributed by atoms with Gasteiger partial charge in [0.2, 0.25) is 0 Å². The van der Waals surface area contributed by atoms with E-state index in [-0.39, 0.29) is 0 Å². The molecule has 2 rings (SSSR count). The molecule has 1 aliphatic carbocycles. The van der Waals surface area contributed by atoms with Gasteiger partial charge in [0.1, 0.15) is 0 Å². The number of likely N-dealkylation sites (N-methyl/N-ethyl adjacent to an activating group) is 1. The second-order valence-electron chi connectivity index (χ2n) is 6.56. The monoisotopic (exact) mass is 252 g/mol. The number of rotatable bonds is 4. The molecule has 18 heavy (non-hydrogen) atoms. The summed E-state index contributed by atoms with van der Waals surface area (Å²) in [5.74, 6) is 1.88. The van der Waals surface area contributed by atoms with Crippen LogP contribution in [0.2, 0.25) is 0 Å². The van der Waals surface area contributed by atoms with Crippen molar-refractivity contribution >= 4 is 0 Å². The molecule has 1 aliphatic heterocycles. The van der Waals surface area contributed by atoms with E-state index in [2.05, 4.69) is 31.0 Å². The highest BCUT2D eigenvalue weighted by Gasteiger charge is 2.34. The fraction of sp³-hybridized carbons (Fsp3) is 1.00. The van der Waals surface area contributed by atoms with Crippen LogP contribution in [0.15, 0.2) is 0 Å². The standard InChI is InChI=1S/C16H32N2/c1-4-14-7-6-10-18(12-14)16-11-13(3)8-9-15(16)17-5-2/h13-17H,4-12H2,1-3H3. The molecule has 2 aliphatic rings. The molecule has 0 aromatic carbocycles. The molecule has 1 N–H and O–H groups in total. The SMILES string of the molecule is CCNC1CCC(C)CC1N1CCCC(CC)C1. The van der Waals surface area contributed by atoms with Crippen LogP contribution in [0.4, 0.5) is 0 Å². The minimum atomic E-state index is 0.752. The van der Waals surface area contributed by atoms with Crippen molar-refractivity contribution in [1.82, 2.24) is 10.2 Å². The first-order chi connectivity index (χ1) is 8.74.